The molecule has 0 bridgehead atoms. The van der Waals surface area contributed by atoms with Crippen molar-refractivity contribution in [3.05, 3.63) is 28.3 Å². The predicted octanol–water partition coefficient (Wildman–Crippen LogP) is 1.91. The second-order valence-electron chi connectivity index (χ2n) is 5.10. The lowest BCUT2D eigenvalue weighted by molar-refractivity contribution is -0.384. The van der Waals surface area contributed by atoms with Crippen molar-refractivity contribution < 1.29 is 9.34 Å². The quantitative estimate of drug-likeness (QED) is 0.679. The highest BCUT2D eigenvalue weighted by Gasteiger charge is 2.23. The van der Waals surface area contributed by atoms with Crippen molar-refractivity contribution in [1.82, 2.24) is 4.98 Å². The van der Waals surface area contributed by atoms with E-state index < -0.39 is 4.92 Å². The van der Waals surface area contributed by atoms with Gasteiger partial charge in [-0.1, -0.05) is 0 Å². The van der Waals surface area contributed by atoms with Gasteiger partial charge in [-0.2, -0.15) is 4.98 Å². The summed E-state index contributed by atoms with van der Waals surface area (Å²) in [6.07, 6.45) is 2.18. The Labute approximate surface area is 115 Å². The van der Waals surface area contributed by atoms with Crippen LogP contribution in [0.25, 0.3) is 11.1 Å². The predicted molar refractivity (Wildman–Crippen MR) is 74.7 cm³/mol. The number of fused-ring (bicyclic) bond motifs is 1. The molecule has 0 radical (unpaired) electrons. The lowest BCUT2D eigenvalue weighted by Gasteiger charge is -2.30. The average molecular weight is 276 g/mol. The number of anilines is 1. The normalized spacial score (nSPS) is 19.4. The standard InChI is InChI=1S/C13H16N4O3/c14-7-9-2-1-5-16(8-9)13-15-11-6-10(17(18)19)3-4-12(11)20-13/h3-4,6,9H,1-2,5,7-8,14H2/t9-/m0/s1. The summed E-state index contributed by atoms with van der Waals surface area (Å²) in [4.78, 5) is 16.8. The third-order valence-electron chi connectivity index (χ3n) is 3.69. The topological polar surface area (TPSA) is 98.4 Å². The SMILES string of the molecule is NC[C@@H]1CCCN(c2nc3cc([N+](=O)[O-])ccc3o2)C1. The summed E-state index contributed by atoms with van der Waals surface area (Å²) in [7, 11) is 0. The number of piperidine rings is 1. The van der Waals surface area contributed by atoms with Gasteiger partial charge in [0.15, 0.2) is 5.58 Å². The Morgan fingerprint density at radius 1 is 1.55 bits per heavy atom. The molecule has 1 atom stereocenters. The number of benzene rings is 1. The molecule has 1 fully saturated rings. The van der Waals surface area contributed by atoms with Crippen LogP contribution in [0.1, 0.15) is 12.8 Å². The molecule has 0 unspecified atom stereocenters. The van der Waals surface area contributed by atoms with Crippen molar-refractivity contribution in [2.45, 2.75) is 12.8 Å². The number of nitrogens with zero attached hydrogens (tertiary/aromatic N) is 3. The van der Waals surface area contributed by atoms with Crippen LogP contribution in [0.5, 0.6) is 0 Å². The van der Waals surface area contributed by atoms with Crippen LogP contribution in [0.2, 0.25) is 0 Å². The number of non-ortho nitro benzene ring substituents is 1. The molecule has 1 aromatic carbocycles. The molecule has 106 valence electrons. The molecule has 7 heteroatoms. The van der Waals surface area contributed by atoms with E-state index in [2.05, 4.69) is 9.88 Å². The maximum Gasteiger partial charge on any atom is 0.298 e. The van der Waals surface area contributed by atoms with Crippen molar-refractivity contribution in [1.29, 1.82) is 0 Å². The molecule has 2 heterocycles. The van der Waals surface area contributed by atoms with Crippen molar-refractivity contribution in [3.8, 4) is 0 Å². The highest BCUT2D eigenvalue weighted by Crippen LogP contribution is 2.28. The van der Waals surface area contributed by atoms with Gasteiger partial charge in [0, 0.05) is 25.2 Å². The third kappa shape index (κ3) is 2.32. The zero-order valence-electron chi connectivity index (χ0n) is 11.0. The number of oxazole rings is 1. The molecule has 1 aliphatic heterocycles. The van der Waals surface area contributed by atoms with Gasteiger partial charge in [0.05, 0.1) is 4.92 Å². The average Bonchev–Trinajstić information content (AvgIpc) is 2.90. The molecule has 2 aromatic rings. The minimum absolute atomic E-state index is 0.0239. The Hall–Kier alpha value is -2.15. The van der Waals surface area contributed by atoms with E-state index in [4.69, 9.17) is 10.2 Å². The minimum atomic E-state index is -0.431. The van der Waals surface area contributed by atoms with E-state index in [0.29, 0.717) is 29.6 Å². The summed E-state index contributed by atoms with van der Waals surface area (Å²) in [5.41, 5.74) is 6.83. The highest BCUT2D eigenvalue weighted by atomic mass is 16.6. The molecule has 1 aliphatic rings. The van der Waals surface area contributed by atoms with E-state index in [0.717, 1.165) is 25.9 Å². The Balaban J connectivity index is 1.90. The molecule has 0 spiro atoms. The van der Waals surface area contributed by atoms with Gasteiger partial charge in [-0.15, -0.1) is 0 Å². The summed E-state index contributed by atoms with van der Waals surface area (Å²) >= 11 is 0. The van der Waals surface area contributed by atoms with Gasteiger partial charge in [0.1, 0.15) is 5.52 Å². The summed E-state index contributed by atoms with van der Waals surface area (Å²) in [5.74, 6) is 0.452. The zero-order valence-corrected chi connectivity index (χ0v) is 11.0. The fraction of sp³-hybridized carbons (Fsp3) is 0.462. The number of nitro benzene ring substituents is 1. The van der Waals surface area contributed by atoms with E-state index >= 15 is 0 Å². The molecular weight excluding hydrogens is 260 g/mol. The van der Waals surface area contributed by atoms with Gasteiger partial charge in [-0.3, -0.25) is 10.1 Å². The number of aromatic nitrogens is 1. The van der Waals surface area contributed by atoms with Crippen molar-refractivity contribution in [2.75, 3.05) is 24.5 Å². The Morgan fingerprint density at radius 2 is 2.40 bits per heavy atom. The molecule has 1 aromatic heterocycles. The fourth-order valence-electron chi connectivity index (χ4n) is 2.58. The molecule has 3 rings (SSSR count). The van der Waals surface area contributed by atoms with Crippen molar-refractivity contribution >= 4 is 22.8 Å². The van der Waals surface area contributed by atoms with Gasteiger partial charge in [0.25, 0.3) is 11.7 Å². The van der Waals surface area contributed by atoms with E-state index in [-0.39, 0.29) is 5.69 Å². The number of nitro groups is 1. The van der Waals surface area contributed by atoms with Crippen molar-refractivity contribution in [3.63, 3.8) is 0 Å². The highest BCUT2D eigenvalue weighted by molar-refractivity contribution is 5.77. The fourth-order valence-corrected chi connectivity index (χ4v) is 2.58. The van der Waals surface area contributed by atoms with Gasteiger partial charge in [0.2, 0.25) is 0 Å². The van der Waals surface area contributed by atoms with E-state index in [9.17, 15) is 10.1 Å². The molecule has 1 saturated heterocycles. The molecule has 0 amide bonds. The van der Waals surface area contributed by atoms with E-state index in [1.165, 1.54) is 12.1 Å². The van der Waals surface area contributed by atoms with Gasteiger partial charge < -0.3 is 15.1 Å². The molecule has 2 N–H and O–H groups in total. The first-order chi connectivity index (χ1) is 9.67. The van der Waals surface area contributed by atoms with E-state index in [1.807, 2.05) is 0 Å². The van der Waals surface area contributed by atoms with Crippen LogP contribution < -0.4 is 10.6 Å². The summed E-state index contributed by atoms with van der Waals surface area (Å²) in [6.45, 7) is 2.36. The molecule has 20 heavy (non-hydrogen) atoms. The van der Waals surface area contributed by atoms with E-state index in [1.54, 1.807) is 6.07 Å². The van der Waals surface area contributed by atoms with Crippen LogP contribution >= 0.6 is 0 Å². The molecule has 0 saturated carbocycles. The van der Waals surface area contributed by atoms with Crippen LogP contribution in [-0.2, 0) is 0 Å². The summed E-state index contributed by atoms with van der Waals surface area (Å²) < 4.78 is 5.69. The number of hydrogen-bond acceptors (Lipinski definition) is 6. The van der Waals surface area contributed by atoms with Gasteiger partial charge >= 0.3 is 0 Å². The second-order valence-corrected chi connectivity index (χ2v) is 5.10. The number of nitrogens with two attached hydrogens (primary N) is 1. The molecule has 0 aliphatic carbocycles. The van der Waals surface area contributed by atoms with Gasteiger partial charge in [-0.25, -0.2) is 0 Å². The number of rotatable bonds is 3. The zero-order chi connectivity index (χ0) is 14.1. The first-order valence-corrected chi connectivity index (χ1v) is 6.67. The summed E-state index contributed by atoms with van der Waals surface area (Å²) in [5, 5.41) is 10.8. The second kappa shape index (κ2) is 5.09. The monoisotopic (exact) mass is 276 g/mol. The van der Waals surface area contributed by atoms with Gasteiger partial charge in [-0.05, 0) is 31.4 Å². The van der Waals surface area contributed by atoms with Crippen LogP contribution in [0.3, 0.4) is 0 Å². The lowest BCUT2D eigenvalue weighted by atomic mass is 9.99. The van der Waals surface area contributed by atoms with Crippen LogP contribution in [0.15, 0.2) is 22.6 Å². The Morgan fingerprint density at radius 3 is 3.15 bits per heavy atom. The summed E-state index contributed by atoms with van der Waals surface area (Å²) in [6, 6.07) is 4.98. The third-order valence-corrected chi connectivity index (χ3v) is 3.69. The first kappa shape index (κ1) is 12.9. The lowest BCUT2D eigenvalue weighted by Crippen LogP contribution is -2.38. The van der Waals surface area contributed by atoms with Crippen LogP contribution in [-0.4, -0.2) is 29.5 Å². The minimum Gasteiger partial charge on any atom is -0.423 e. The maximum absolute atomic E-state index is 10.8. The number of hydrogen-bond donors (Lipinski definition) is 1. The first-order valence-electron chi connectivity index (χ1n) is 6.67. The smallest absolute Gasteiger partial charge is 0.298 e. The Kier molecular flexibility index (Phi) is 3.27. The molecular formula is C13H16N4O3. The Bertz CT molecular complexity index is 640. The molecule has 7 nitrogen and oxygen atoms in total. The van der Waals surface area contributed by atoms with Crippen molar-refractivity contribution in [2.24, 2.45) is 11.7 Å². The largest absolute Gasteiger partial charge is 0.423 e. The maximum atomic E-state index is 10.8. The van der Waals surface area contributed by atoms with Crippen LogP contribution in [0, 0.1) is 16.0 Å². The van der Waals surface area contributed by atoms with Crippen LogP contribution in [0.4, 0.5) is 11.7 Å².